The fraction of sp³-hybridized carbons (Fsp3) is 0.636. The largest absolute Gasteiger partial charge is 0.149 e. The highest BCUT2D eigenvalue weighted by atomic mass is 79.9. The maximum atomic E-state index is 3.72. The molecular weight excluding hydrogens is 244 g/mol. The molecule has 1 aromatic rings. The first-order valence-electron chi connectivity index (χ1n) is 4.80. The van der Waals surface area contributed by atoms with Gasteiger partial charge in [0, 0.05) is 9.70 Å². The quantitative estimate of drug-likeness (QED) is 0.661. The van der Waals surface area contributed by atoms with Crippen LogP contribution in [0.5, 0.6) is 0 Å². The lowest BCUT2D eigenvalue weighted by molar-refractivity contribution is 0.495. The zero-order chi connectivity index (χ0) is 9.47. The van der Waals surface area contributed by atoms with Crippen LogP contribution in [0.15, 0.2) is 11.4 Å². The summed E-state index contributed by atoms with van der Waals surface area (Å²) >= 11 is 5.60. The maximum absolute atomic E-state index is 3.72. The van der Waals surface area contributed by atoms with Gasteiger partial charge in [-0.25, -0.2) is 0 Å². The summed E-state index contributed by atoms with van der Waals surface area (Å²) in [6, 6.07) is 2.36. The zero-order valence-corrected chi connectivity index (χ0v) is 10.5. The summed E-state index contributed by atoms with van der Waals surface area (Å²) < 4.78 is 0. The molecule has 0 N–H and O–H groups in total. The molecule has 0 nitrogen and oxygen atoms in total. The van der Waals surface area contributed by atoms with Gasteiger partial charge in [0.2, 0.25) is 0 Å². The summed E-state index contributed by atoms with van der Waals surface area (Å²) in [4.78, 5) is 2.17. The van der Waals surface area contributed by atoms with Crippen LogP contribution in [-0.4, -0.2) is 4.83 Å². The van der Waals surface area contributed by atoms with Gasteiger partial charge in [-0.1, -0.05) is 22.9 Å². The van der Waals surface area contributed by atoms with Gasteiger partial charge in [0.05, 0.1) is 0 Å². The molecule has 0 saturated heterocycles. The number of rotatable bonds is 1. The Labute approximate surface area is 92.5 Å². The molecule has 1 aromatic heterocycles. The van der Waals surface area contributed by atoms with Crippen LogP contribution in [0, 0.1) is 6.92 Å². The highest BCUT2D eigenvalue weighted by Crippen LogP contribution is 2.44. The minimum absolute atomic E-state index is 0.443. The summed E-state index contributed by atoms with van der Waals surface area (Å²) in [5.74, 6) is 0. The topological polar surface area (TPSA) is 0 Å². The second kappa shape index (κ2) is 3.39. The van der Waals surface area contributed by atoms with Gasteiger partial charge in [0.1, 0.15) is 0 Å². The van der Waals surface area contributed by atoms with Crippen LogP contribution < -0.4 is 0 Å². The van der Waals surface area contributed by atoms with Gasteiger partial charge in [-0.15, -0.1) is 11.3 Å². The van der Waals surface area contributed by atoms with Gasteiger partial charge in [0.25, 0.3) is 0 Å². The first-order valence-corrected chi connectivity index (χ1v) is 6.59. The zero-order valence-electron chi connectivity index (χ0n) is 8.14. The summed E-state index contributed by atoms with van der Waals surface area (Å²) in [7, 11) is 0. The molecule has 1 aliphatic rings. The lowest BCUT2D eigenvalue weighted by atomic mass is 9.83. The van der Waals surface area contributed by atoms with Crippen molar-refractivity contribution < 1.29 is 0 Å². The van der Waals surface area contributed by atoms with Gasteiger partial charge in [-0.3, -0.25) is 0 Å². The molecular formula is C11H15BrS. The minimum Gasteiger partial charge on any atom is -0.149 e. The molecule has 2 unspecified atom stereocenters. The van der Waals surface area contributed by atoms with E-state index in [1.165, 1.54) is 24.1 Å². The normalized spacial score (nSPS) is 33.9. The molecule has 2 heteroatoms. The molecule has 1 aliphatic carbocycles. The maximum Gasteiger partial charge on any atom is 0.0154 e. The molecule has 0 radical (unpaired) electrons. The molecule has 0 bridgehead atoms. The summed E-state index contributed by atoms with van der Waals surface area (Å²) in [6.07, 6.45) is 3.95. The van der Waals surface area contributed by atoms with Crippen LogP contribution >= 0.6 is 27.3 Å². The van der Waals surface area contributed by atoms with E-state index in [0.29, 0.717) is 5.41 Å². The molecule has 13 heavy (non-hydrogen) atoms. The first-order chi connectivity index (χ1) is 6.10. The molecule has 72 valence electrons. The van der Waals surface area contributed by atoms with E-state index in [4.69, 9.17) is 0 Å². The number of thiophene rings is 1. The average molecular weight is 259 g/mol. The standard InChI is InChI=1S/C11H15BrS/c1-8-5-9(7-13-8)11(2)4-3-10(12)6-11/h5,7,10H,3-4,6H2,1-2H3. The molecule has 1 fully saturated rings. The monoisotopic (exact) mass is 258 g/mol. The van der Waals surface area contributed by atoms with Crippen molar-refractivity contribution in [1.29, 1.82) is 0 Å². The molecule has 0 amide bonds. The second-order valence-corrected chi connectivity index (χ2v) is 6.76. The molecule has 0 aromatic carbocycles. The lowest BCUT2D eigenvalue weighted by Gasteiger charge is -2.22. The van der Waals surface area contributed by atoms with Crippen molar-refractivity contribution in [3.05, 3.63) is 21.9 Å². The third-order valence-electron chi connectivity index (χ3n) is 3.11. The Bertz CT molecular complexity index is 305. The number of hydrogen-bond donors (Lipinski definition) is 0. The van der Waals surface area contributed by atoms with Crippen LogP contribution in [0.3, 0.4) is 0 Å². The van der Waals surface area contributed by atoms with E-state index in [0.717, 1.165) is 4.83 Å². The molecule has 0 spiro atoms. The van der Waals surface area contributed by atoms with Crippen molar-refractivity contribution in [2.75, 3.05) is 0 Å². The predicted octanol–water partition coefficient (Wildman–Crippen LogP) is 4.26. The molecule has 2 atom stereocenters. The van der Waals surface area contributed by atoms with Crippen LogP contribution in [0.25, 0.3) is 0 Å². The molecule has 1 heterocycles. The molecule has 0 aliphatic heterocycles. The first kappa shape index (κ1) is 9.72. The minimum atomic E-state index is 0.443. The SMILES string of the molecule is Cc1cc(C2(C)CCC(Br)C2)cs1. The number of halogens is 1. The second-order valence-electron chi connectivity index (χ2n) is 4.35. The van der Waals surface area contributed by atoms with Gasteiger partial charge in [-0.05, 0) is 48.6 Å². The Morgan fingerprint density at radius 1 is 1.62 bits per heavy atom. The van der Waals surface area contributed by atoms with Gasteiger partial charge in [-0.2, -0.15) is 0 Å². The van der Waals surface area contributed by atoms with Crippen molar-refractivity contribution in [3.63, 3.8) is 0 Å². The van der Waals surface area contributed by atoms with Crippen molar-refractivity contribution in [2.24, 2.45) is 0 Å². The van der Waals surface area contributed by atoms with Crippen molar-refractivity contribution in [1.82, 2.24) is 0 Å². The van der Waals surface area contributed by atoms with Crippen molar-refractivity contribution in [3.8, 4) is 0 Å². The Morgan fingerprint density at radius 3 is 2.85 bits per heavy atom. The van der Waals surface area contributed by atoms with Gasteiger partial charge < -0.3 is 0 Å². The smallest absolute Gasteiger partial charge is 0.0154 e. The Kier molecular flexibility index (Phi) is 2.54. The van der Waals surface area contributed by atoms with Crippen LogP contribution in [-0.2, 0) is 5.41 Å². The van der Waals surface area contributed by atoms with E-state index in [9.17, 15) is 0 Å². The Balaban J connectivity index is 2.25. The van der Waals surface area contributed by atoms with E-state index in [2.05, 4.69) is 41.2 Å². The molecule has 2 rings (SSSR count). The van der Waals surface area contributed by atoms with Crippen LogP contribution in [0.1, 0.15) is 36.6 Å². The lowest BCUT2D eigenvalue weighted by Crippen LogP contribution is -2.16. The van der Waals surface area contributed by atoms with E-state index in [-0.39, 0.29) is 0 Å². The summed E-state index contributed by atoms with van der Waals surface area (Å²) in [5.41, 5.74) is 2.00. The highest BCUT2D eigenvalue weighted by Gasteiger charge is 2.35. The summed E-state index contributed by atoms with van der Waals surface area (Å²) in [6.45, 7) is 4.59. The number of alkyl halides is 1. The van der Waals surface area contributed by atoms with Gasteiger partial charge in [0.15, 0.2) is 0 Å². The van der Waals surface area contributed by atoms with E-state index in [1.54, 1.807) is 5.56 Å². The number of aryl methyl sites for hydroxylation is 1. The average Bonchev–Trinajstić information content (AvgIpc) is 2.60. The third-order valence-corrected chi connectivity index (χ3v) is 4.75. The number of hydrogen-bond acceptors (Lipinski definition) is 1. The Hall–Kier alpha value is 0.180. The predicted molar refractivity (Wildman–Crippen MR) is 63.0 cm³/mol. The van der Waals surface area contributed by atoms with Crippen LogP contribution in [0.4, 0.5) is 0 Å². The van der Waals surface area contributed by atoms with Gasteiger partial charge >= 0.3 is 0 Å². The van der Waals surface area contributed by atoms with Crippen molar-refractivity contribution >= 4 is 27.3 Å². The third kappa shape index (κ3) is 1.84. The molecule has 1 saturated carbocycles. The Morgan fingerprint density at radius 2 is 2.38 bits per heavy atom. The van der Waals surface area contributed by atoms with Crippen LogP contribution in [0.2, 0.25) is 0 Å². The van der Waals surface area contributed by atoms with E-state index in [1.807, 2.05) is 11.3 Å². The fourth-order valence-electron chi connectivity index (χ4n) is 2.19. The summed E-state index contributed by atoms with van der Waals surface area (Å²) in [5, 5.41) is 2.33. The van der Waals surface area contributed by atoms with E-state index >= 15 is 0 Å². The van der Waals surface area contributed by atoms with Crippen molar-refractivity contribution in [2.45, 2.75) is 43.4 Å². The van der Waals surface area contributed by atoms with E-state index < -0.39 is 0 Å². The highest BCUT2D eigenvalue weighted by molar-refractivity contribution is 9.09. The fourth-order valence-corrected chi connectivity index (χ4v) is 3.99.